The highest BCUT2D eigenvalue weighted by Gasteiger charge is 2.28. The molecule has 1 aromatic rings. The molecule has 4 nitrogen and oxygen atoms in total. The Morgan fingerprint density at radius 3 is 2.74 bits per heavy atom. The number of carbonyl (C=O) groups is 1. The Morgan fingerprint density at radius 2 is 2.16 bits per heavy atom. The third-order valence-electron chi connectivity index (χ3n) is 3.76. The number of anilines is 2. The molecule has 3 N–H and O–H groups in total. The van der Waals surface area contributed by atoms with E-state index in [1.807, 2.05) is 31.1 Å². The number of nitrogen functional groups attached to an aromatic ring is 1. The molecule has 0 spiro atoms. The number of benzene rings is 1. The van der Waals surface area contributed by atoms with E-state index in [1.165, 1.54) is 12.8 Å². The summed E-state index contributed by atoms with van der Waals surface area (Å²) < 4.78 is 0. The van der Waals surface area contributed by atoms with E-state index < -0.39 is 0 Å². The zero-order valence-electron chi connectivity index (χ0n) is 11.9. The topological polar surface area (TPSA) is 58.4 Å². The Bertz CT molecular complexity index is 466. The van der Waals surface area contributed by atoms with Crippen molar-refractivity contribution in [3.05, 3.63) is 23.8 Å². The van der Waals surface area contributed by atoms with Crippen LogP contribution in [0.2, 0.25) is 0 Å². The lowest BCUT2D eigenvalue weighted by molar-refractivity contribution is 0.0947. The summed E-state index contributed by atoms with van der Waals surface area (Å²) in [5, 5.41) is 3.02. The lowest BCUT2D eigenvalue weighted by Gasteiger charge is -2.18. The van der Waals surface area contributed by atoms with Crippen molar-refractivity contribution >= 4 is 17.3 Å². The quantitative estimate of drug-likeness (QED) is 0.798. The van der Waals surface area contributed by atoms with E-state index in [9.17, 15) is 4.79 Å². The number of nitrogens with two attached hydrogens (primary N) is 1. The second kappa shape index (κ2) is 5.51. The molecule has 0 aliphatic heterocycles. The maximum atomic E-state index is 12.3. The van der Waals surface area contributed by atoms with Gasteiger partial charge < -0.3 is 16.0 Å². The fourth-order valence-corrected chi connectivity index (χ4v) is 2.31. The average molecular weight is 261 g/mol. The van der Waals surface area contributed by atoms with Crippen molar-refractivity contribution in [1.29, 1.82) is 0 Å². The van der Waals surface area contributed by atoms with E-state index in [2.05, 4.69) is 12.2 Å². The summed E-state index contributed by atoms with van der Waals surface area (Å²) in [6.45, 7) is 2.94. The molecular weight excluding hydrogens is 238 g/mol. The first kappa shape index (κ1) is 13.7. The van der Waals surface area contributed by atoms with Crippen LogP contribution >= 0.6 is 0 Å². The van der Waals surface area contributed by atoms with Gasteiger partial charge in [0.05, 0.1) is 5.56 Å². The monoisotopic (exact) mass is 261 g/mol. The van der Waals surface area contributed by atoms with Crippen LogP contribution in [0.5, 0.6) is 0 Å². The second-order valence-corrected chi connectivity index (χ2v) is 5.70. The molecule has 1 atom stereocenters. The molecule has 19 heavy (non-hydrogen) atoms. The summed E-state index contributed by atoms with van der Waals surface area (Å²) in [5.74, 6) is 1.32. The van der Waals surface area contributed by atoms with Gasteiger partial charge in [0.2, 0.25) is 0 Å². The molecule has 1 saturated carbocycles. The summed E-state index contributed by atoms with van der Waals surface area (Å²) in [5.41, 5.74) is 7.94. The third kappa shape index (κ3) is 3.40. The Balaban J connectivity index is 2.06. The summed E-state index contributed by atoms with van der Waals surface area (Å²) >= 11 is 0. The maximum Gasteiger partial charge on any atom is 0.253 e. The van der Waals surface area contributed by atoms with Crippen molar-refractivity contribution < 1.29 is 4.79 Å². The highest BCUT2D eigenvalue weighted by molar-refractivity contribution is 6.00. The van der Waals surface area contributed by atoms with Gasteiger partial charge in [-0.25, -0.2) is 0 Å². The van der Waals surface area contributed by atoms with Crippen molar-refractivity contribution in [2.75, 3.05) is 31.3 Å². The van der Waals surface area contributed by atoms with Crippen molar-refractivity contribution in [2.24, 2.45) is 11.8 Å². The van der Waals surface area contributed by atoms with Crippen LogP contribution in [0.3, 0.4) is 0 Å². The van der Waals surface area contributed by atoms with Crippen molar-refractivity contribution in [3.8, 4) is 0 Å². The largest absolute Gasteiger partial charge is 0.399 e. The third-order valence-corrected chi connectivity index (χ3v) is 3.76. The Hall–Kier alpha value is -1.71. The van der Waals surface area contributed by atoms with E-state index in [0.29, 0.717) is 17.2 Å². The fourth-order valence-electron chi connectivity index (χ4n) is 2.31. The minimum absolute atomic E-state index is 0.0384. The van der Waals surface area contributed by atoms with Crippen LogP contribution in [-0.4, -0.2) is 26.5 Å². The Morgan fingerprint density at radius 1 is 1.47 bits per heavy atom. The van der Waals surface area contributed by atoms with E-state index >= 15 is 0 Å². The summed E-state index contributed by atoms with van der Waals surface area (Å²) in [4.78, 5) is 14.2. The van der Waals surface area contributed by atoms with Gasteiger partial charge in [0.25, 0.3) is 5.91 Å². The lowest BCUT2D eigenvalue weighted by atomic mass is 10.1. The van der Waals surface area contributed by atoms with Crippen LogP contribution in [0, 0.1) is 11.8 Å². The first-order chi connectivity index (χ1) is 8.99. The van der Waals surface area contributed by atoms with Gasteiger partial charge in [-0.3, -0.25) is 4.79 Å². The van der Waals surface area contributed by atoms with E-state index in [4.69, 9.17) is 5.73 Å². The summed E-state index contributed by atoms with van der Waals surface area (Å²) in [6.07, 6.45) is 2.61. The molecule has 0 heterocycles. The molecule has 1 amide bonds. The van der Waals surface area contributed by atoms with Gasteiger partial charge in [-0.1, -0.05) is 6.92 Å². The van der Waals surface area contributed by atoms with Gasteiger partial charge in [-0.05, 0) is 42.9 Å². The van der Waals surface area contributed by atoms with Crippen LogP contribution in [-0.2, 0) is 0 Å². The van der Waals surface area contributed by atoms with Crippen LogP contribution in [0.15, 0.2) is 18.2 Å². The van der Waals surface area contributed by atoms with Crippen LogP contribution in [0.4, 0.5) is 11.4 Å². The molecule has 1 unspecified atom stereocenters. The minimum Gasteiger partial charge on any atom is -0.399 e. The summed E-state index contributed by atoms with van der Waals surface area (Å²) in [6, 6.07) is 5.44. The van der Waals surface area contributed by atoms with Gasteiger partial charge in [0.1, 0.15) is 0 Å². The number of rotatable bonds is 5. The normalized spacial score (nSPS) is 15.9. The van der Waals surface area contributed by atoms with Crippen LogP contribution in [0.1, 0.15) is 30.1 Å². The van der Waals surface area contributed by atoms with Crippen LogP contribution < -0.4 is 16.0 Å². The smallest absolute Gasteiger partial charge is 0.253 e. The van der Waals surface area contributed by atoms with Gasteiger partial charge in [-0.15, -0.1) is 0 Å². The molecule has 0 aromatic heterocycles. The van der Waals surface area contributed by atoms with Gasteiger partial charge in [-0.2, -0.15) is 0 Å². The van der Waals surface area contributed by atoms with E-state index in [-0.39, 0.29) is 5.91 Å². The molecule has 4 heteroatoms. The van der Waals surface area contributed by atoms with E-state index in [1.54, 1.807) is 6.07 Å². The number of hydrogen-bond donors (Lipinski definition) is 2. The highest BCUT2D eigenvalue weighted by Crippen LogP contribution is 2.36. The Labute approximate surface area is 115 Å². The lowest BCUT2D eigenvalue weighted by Crippen LogP contribution is -2.30. The molecule has 0 radical (unpaired) electrons. The number of carbonyl (C=O) groups excluding carboxylic acids is 1. The number of amides is 1. The standard InChI is InChI=1S/C15H23N3O/c1-10(11-4-5-11)9-17-15(19)13-8-12(16)6-7-14(13)18(2)3/h6-8,10-11H,4-5,9,16H2,1-3H3,(H,17,19). The van der Waals surface area contributed by atoms with Gasteiger partial charge in [0.15, 0.2) is 0 Å². The maximum absolute atomic E-state index is 12.3. The molecule has 104 valence electrons. The van der Waals surface area contributed by atoms with E-state index in [0.717, 1.165) is 18.2 Å². The molecule has 1 fully saturated rings. The molecule has 2 rings (SSSR count). The predicted octanol–water partition coefficient (Wildman–Crippen LogP) is 2.11. The minimum atomic E-state index is -0.0384. The van der Waals surface area contributed by atoms with Crippen molar-refractivity contribution in [1.82, 2.24) is 5.32 Å². The molecular formula is C15H23N3O. The van der Waals surface area contributed by atoms with Crippen LogP contribution in [0.25, 0.3) is 0 Å². The molecule has 0 bridgehead atoms. The molecule has 1 aliphatic rings. The van der Waals surface area contributed by atoms with Gasteiger partial charge in [0, 0.05) is 32.0 Å². The molecule has 1 aromatic carbocycles. The zero-order chi connectivity index (χ0) is 14.0. The molecule has 1 aliphatic carbocycles. The first-order valence-corrected chi connectivity index (χ1v) is 6.84. The summed E-state index contributed by atoms with van der Waals surface area (Å²) in [7, 11) is 3.85. The number of nitrogens with zero attached hydrogens (tertiary/aromatic N) is 1. The highest BCUT2D eigenvalue weighted by atomic mass is 16.1. The van der Waals surface area contributed by atoms with Crippen molar-refractivity contribution in [2.45, 2.75) is 19.8 Å². The second-order valence-electron chi connectivity index (χ2n) is 5.70. The first-order valence-electron chi connectivity index (χ1n) is 6.84. The molecule has 0 saturated heterocycles. The average Bonchev–Trinajstić information content (AvgIpc) is 3.19. The van der Waals surface area contributed by atoms with Gasteiger partial charge >= 0.3 is 0 Å². The zero-order valence-corrected chi connectivity index (χ0v) is 11.9. The Kier molecular flexibility index (Phi) is 3.98. The number of hydrogen-bond acceptors (Lipinski definition) is 3. The number of nitrogens with one attached hydrogen (secondary N) is 1. The van der Waals surface area contributed by atoms with Crippen molar-refractivity contribution in [3.63, 3.8) is 0 Å². The SMILES string of the molecule is CC(CNC(=O)c1cc(N)ccc1N(C)C)C1CC1. The fraction of sp³-hybridized carbons (Fsp3) is 0.533. The predicted molar refractivity (Wildman–Crippen MR) is 79.4 cm³/mol.